The summed E-state index contributed by atoms with van der Waals surface area (Å²) >= 11 is 0. The third-order valence-corrected chi connectivity index (χ3v) is 4.70. The number of benzene rings is 1. The van der Waals surface area contributed by atoms with E-state index in [1.807, 2.05) is 0 Å². The van der Waals surface area contributed by atoms with E-state index in [-0.39, 0.29) is 16.9 Å². The fourth-order valence-corrected chi connectivity index (χ4v) is 3.96. The van der Waals surface area contributed by atoms with Crippen LogP contribution in [0.4, 0.5) is 4.39 Å². The quantitative estimate of drug-likeness (QED) is 0.610. The Morgan fingerprint density at radius 3 is 3.00 bits per heavy atom. The number of hydrogen-bond donors (Lipinski definition) is 2. The smallest absolute Gasteiger partial charge is 0.274 e. The van der Waals surface area contributed by atoms with Gasteiger partial charge in [0.1, 0.15) is 5.82 Å². The molecular formula is C15H19FN2O2. The second kappa shape index (κ2) is 4.53. The maximum atomic E-state index is 14.6. The number of carbonyl (C=O) groups excluding carboxylic acids is 1. The van der Waals surface area contributed by atoms with Gasteiger partial charge in [-0.2, -0.15) is 0 Å². The minimum absolute atomic E-state index is 0.173. The second-order valence-electron chi connectivity index (χ2n) is 6.21. The van der Waals surface area contributed by atoms with Crippen molar-refractivity contribution in [1.82, 2.24) is 10.4 Å². The van der Waals surface area contributed by atoms with Gasteiger partial charge in [-0.15, -0.1) is 0 Å². The van der Waals surface area contributed by atoms with Gasteiger partial charge in [0.2, 0.25) is 0 Å². The van der Waals surface area contributed by atoms with Gasteiger partial charge in [-0.05, 0) is 43.4 Å². The molecule has 1 aromatic rings. The Morgan fingerprint density at radius 1 is 1.55 bits per heavy atom. The van der Waals surface area contributed by atoms with Crippen LogP contribution >= 0.6 is 0 Å². The number of halogens is 1. The molecule has 2 N–H and O–H groups in total. The van der Waals surface area contributed by atoms with E-state index in [9.17, 15) is 9.18 Å². The molecule has 2 aliphatic heterocycles. The van der Waals surface area contributed by atoms with Gasteiger partial charge in [0, 0.05) is 29.8 Å². The molecule has 2 aliphatic rings. The lowest BCUT2D eigenvalue weighted by molar-refractivity contribution is 0.0705. The molecule has 0 spiro atoms. The largest absolute Gasteiger partial charge is 0.293 e. The number of nitrogens with one attached hydrogen (secondary N) is 1. The van der Waals surface area contributed by atoms with Crippen molar-refractivity contribution in [3.05, 3.63) is 34.6 Å². The summed E-state index contributed by atoms with van der Waals surface area (Å²) in [5.74, 6) is -0.466. The van der Waals surface area contributed by atoms with Crippen LogP contribution in [0, 0.1) is 11.7 Å². The van der Waals surface area contributed by atoms with Crippen molar-refractivity contribution < 1.29 is 14.4 Å². The second-order valence-corrected chi connectivity index (χ2v) is 6.21. The number of hydroxylamine groups is 1. The van der Waals surface area contributed by atoms with Gasteiger partial charge < -0.3 is 0 Å². The van der Waals surface area contributed by atoms with E-state index >= 15 is 0 Å². The van der Waals surface area contributed by atoms with Crippen LogP contribution in [0.15, 0.2) is 12.1 Å². The summed E-state index contributed by atoms with van der Waals surface area (Å²) in [4.78, 5) is 13.8. The molecule has 0 unspecified atom stereocenters. The summed E-state index contributed by atoms with van der Waals surface area (Å²) in [6, 6.07) is 2.93. The molecule has 1 amide bonds. The number of carbonyl (C=O) groups is 1. The molecule has 2 heterocycles. The van der Waals surface area contributed by atoms with E-state index in [1.165, 1.54) is 6.07 Å². The van der Waals surface area contributed by atoms with Crippen molar-refractivity contribution in [2.45, 2.75) is 32.2 Å². The molecule has 0 aromatic heterocycles. The first kappa shape index (κ1) is 13.5. The number of fused-ring (bicyclic) bond motifs is 3. The Labute approximate surface area is 117 Å². The molecule has 4 nitrogen and oxygen atoms in total. The van der Waals surface area contributed by atoms with Crippen molar-refractivity contribution in [2.75, 3.05) is 13.1 Å². The fourth-order valence-electron chi connectivity index (χ4n) is 3.96. The number of amides is 1. The highest BCUT2D eigenvalue weighted by Crippen LogP contribution is 2.46. The molecule has 2 atom stereocenters. The Balaban J connectivity index is 2.11. The third-order valence-electron chi connectivity index (χ3n) is 4.70. The summed E-state index contributed by atoms with van der Waals surface area (Å²) in [7, 11) is 0. The van der Waals surface area contributed by atoms with Gasteiger partial charge >= 0.3 is 0 Å². The zero-order valence-electron chi connectivity index (χ0n) is 11.7. The Kier molecular flexibility index (Phi) is 3.06. The summed E-state index contributed by atoms with van der Waals surface area (Å²) in [6.07, 6.45) is 1.67. The maximum Gasteiger partial charge on any atom is 0.274 e. The van der Waals surface area contributed by atoms with Gasteiger partial charge in [-0.1, -0.05) is 6.92 Å². The van der Waals surface area contributed by atoms with E-state index in [4.69, 9.17) is 5.21 Å². The Bertz CT molecular complexity index is 575. The lowest BCUT2D eigenvalue weighted by atomic mass is 9.79. The van der Waals surface area contributed by atoms with Gasteiger partial charge in [0.15, 0.2) is 0 Å². The van der Waals surface area contributed by atoms with Gasteiger partial charge in [-0.25, -0.2) is 9.87 Å². The van der Waals surface area contributed by atoms with Crippen LogP contribution in [0.25, 0.3) is 0 Å². The summed E-state index contributed by atoms with van der Waals surface area (Å²) in [5.41, 5.74) is 3.07. The summed E-state index contributed by atoms with van der Waals surface area (Å²) in [5, 5.41) is 8.69. The molecule has 108 valence electrons. The van der Waals surface area contributed by atoms with E-state index < -0.39 is 5.91 Å². The van der Waals surface area contributed by atoms with Crippen LogP contribution in [-0.2, 0) is 12.0 Å². The van der Waals surface area contributed by atoms with Crippen molar-refractivity contribution >= 4 is 5.91 Å². The summed E-state index contributed by atoms with van der Waals surface area (Å²) < 4.78 is 14.6. The standard InChI is InChI=1S/C15H19FN2O2/c1-9-7-15(2)13-10(3-4-18(15)8-9)5-11(6-12(13)16)14(19)17-20/h5-6,9,20H,3-4,7-8H2,1-2H3,(H,17,19)/t9-,15+/m0/s1. The number of nitrogens with zero attached hydrogens (tertiary/aromatic N) is 1. The predicted molar refractivity (Wildman–Crippen MR) is 72.1 cm³/mol. The molecule has 20 heavy (non-hydrogen) atoms. The third kappa shape index (κ3) is 1.84. The molecule has 1 fully saturated rings. The average Bonchev–Trinajstić information content (AvgIpc) is 2.71. The van der Waals surface area contributed by atoms with E-state index in [1.54, 1.807) is 11.5 Å². The van der Waals surface area contributed by atoms with Crippen LogP contribution in [0.1, 0.15) is 41.8 Å². The fraction of sp³-hybridized carbons (Fsp3) is 0.533. The minimum Gasteiger partial charge on any atom is -0.293 e. The van der Waals surface area contributed by atoms with Crippen molar-refractivity contribution in [2.24, 2.45) is 5.92 Å². The topological polar surface area (TPSA) is 52.6 Å². The molecule has 3 rings (SSSR count). The van der Waals surface area contributed by atoms with Crippen molar-refractivity contribution in [3.63, 3.8) is 0 Å². The van der Waals surface area contributed by atoms with E-state index in [2.05, 4.69) is 18.7 Å². The van der Waals surface area contributed by atoms with Gasteiger partial charge in [-0.3, -0.25) is 14.9 Å². The van der Waals surface area contributed by atoms with Crippen molar-refractivity contribution in [1.29, 1.82) is 0 Å². The normalized spacial score (nSPS) is 28.9. The average molecular weight is 278 g/mol. The summed E-state index contributed by atoms with van der Waals surface area (Å²) in [6.45, 7) is 6.16. The highest BCUT2D eigenvalue weighted by molar-refractivity contribution is 5.93. The Morgan fingerprint density at radius 2 is 2.30 bits per heavy atom. The molecule has 0 radical (unpaired) electrons. The van der Waals surface area contributed by atoms with E-state index in [0.717, 1.165) is 37.1 Å². The maximum absolute atomic E-state index is 14.6. The first-order chi connectivity index (χ1) is 9.45. The zero-order chi connectivity index (χ0) is 14.5. The first-order valence-corrected chi connectivity index (χ1v) is 6.98. The molecule has 0 saturated carbocycles. The lowest BCUT2D eigenvalue weighted by Gasteiger charge is -2.41. The minimum atomic E-state index is -0.668. The Hall–Kier alpha value is -1.46. The highest BCUT2D eigenvalue weighted by Gasteiger charge is 2.46. The molecule has 0 aliphatic carbocycles. The molecule has 5 heteroatoms. The number of rotatable bonds is 1. The van der Waals surface area contributed by atoms with Crippen molar-refractivity contribution in [3.8, 4) is 0 Å². The SMILES string of the molecule is C[C@@H]1CN2CCc3cc(C(=O)NO)cc(F)c3[C@@]2(C)C1. The monoisotopic (exact) mass is 278 g/mol. The van der Waals surface area contributed by atoms with Crippen LogP contribution in [0.3, 0.4) is 0 Å². The molecular weight excluding hydrogens is 259 g/mol. The number of hydrogen-bond acceptors (Lipinski definition) is 3. The molecule has 0 bridgehead atoms. The predicted octanol–water partition coefficient (Wildman–Crippen LogP) is 2.06. The van der Waals surface area contributed by atoms with Gasteiger partial charge in [0.25, 0.3) is 5.91 Å². The van der Waals surface area contributed by atoms with Crippen LogP contribution in [-0.4, -0.2) is 29.1 Å². The zero-order valence-corrected chi connectivity index (χ0v) is 11.7. The lowest BCUT2D eigenvalue weighted by Crippen LogP contribution is -2.45. The molecule has 1 aromatic carbocycles. The highest BCUT2D eigenvalue weighted by atomic mass is 19.1. The van der Waals surface area contributed by atoms with E-state index in [0.29, 0.717) is 5.92 Å². The van der Waals surface area contributed by atoms with Crippen LogP contribution < -0.4 is 5.48 Å². The molecule has 1 saturated heterocycles. The van der Waals surface area contributed by atoms with Crippen LogP contribution in [0.2, 0.25) is 0 Å². The van der Waals surface area contributed by atoms with Crippen LogP contribution in [0.5, 0.6) is 0 Å². The van der Waals surface area contributed by atoms with Gasteiger partial charge in [0.05, 0.1) is 0 Å². The first-order valence-electron chi connectivity index (χ1n) is 6.98.